The number of benzene rings is 2. The molecular formula is C15H10FN2OZn-. The van der Waals surface area contributed by atoms with E-state index in [-0.39, 0.29) is 31.0 Å². The van der Waals surface area contributed by atoms with Gasteiger partial charge in [0.25, 0.3) is 0 Å². The molecule has 0 radical (unpaired) electrons. The first-order valence-corrected chi connectivity index (χ1v) is 5.76. The fraction of sp³-hybridized carbons (Fsp3) is 0. The second-order valence-electron chi connectivity index (χ2n) is 4.06. The fourth-order valence-corrected chi connectivity index (χ4v) is 1.82. The summed E-state index contributed by atoms with van der Waals surface area (Å²) in [5, 5.41) is 14.1. The predicted molar refractivity (Wildman–Crippen MR) is 69.5 cm³/mol. The molecule has 0 fully saturated rings. The summed E-state index contributed by atoms with van der Waals surface area (Å²) in [7, 11) is 0. The van der Waals surface area contributed by atoms with Crippen LogP contribution in [0.3, 0.4) is 0 Å². The number of aromatic hydroxyl groups is 1. The van der Waals surface area contributed by atoms with E-state index in [1.807, 2.05) is 6.07 Å². The first-order valence-electron chi connectivity index (χ1n) is 5.76. The minimum atomic E-state index is -0.288. The number of aromatic nitrogens is 2. The molecule has 5 heteroatoms. The smallest absolute Gasteiger partial charge is 0.141 e. The van der Waals surface area contributed by atoms with Gasteiger partial charge in [0, 0.05) is 19.5 Å². The molecule has 0 aliphatic carbocycles. The topological polar surface area (TPSA) is 38.0 Å². The second-order valence-corrected chi connectivity index (χ2v) is 4.06. The number of hydrogen-bond donors (Lipinski definition) is 1. The van der Waals surface area contributed by atoms with E-state index in [1.165, 1.54) is 16.8 Å². The number of phenols is 1. The van der Waals surface area contributed by atoms with Crippen molar-refractivity contribution >= 4 is 0 Å². The minimum absolute atomic E-state index is 0. The van der Waals surface area contributed by atoms with E-state index < -0.39 is 0 Å². The molecule has 2 aromatic carbocycles. The largest absolute Gasteiger partial charge is 0.506 e. The van der Waals surface area contributed by atoms with Crippen molar-refractivity contribution in [1.29, 1.82) is 0 Å². The summed E-state index contributed by atoms with van der Waals surface area (Å²) in [5.74, 6) is -0.145. The summed E-state index contributed by atoms with van der Waals surface area (Å²) in [5.41, 5.74) is 1.95. The van der Waals surface area contributed by atoms with Gasteiger partial charge in [-0.15, -0.1) is 17.7 Å². The van der Waals surface area contributed by atoms with Gasteiger partial charge in [-0.2, -0.15) is 0 Å². The van der Waals surface area contributed by atoms with E-state index in [0.29, 0.717) is 11.4 Å². The van der Waals surface area contributed by atoms with Crippen molar-refractivity contribution < 1.29 is 29.0 Å². The van der Waals surface area contributed by atoms with Crippen LogP contribution in [0.1, 0.15) is 0 Å². The van der Waals surface area contributed by atoms with Crippen molar-refractivity contribution in [1.82, 2.24) is 9.78 Å². The molecule has 0 amide bonds. The molecule has 0 saturated carbocycles. The summed E-state index contributed by atoms with van der Waals surface area (Å²) in [4.78, 5) is 0. The average Bonchev–Trinajstić information content (AvgIpc) is 2.89. The monoisotopic (exact) mass is 317 g/mol. The SMILES string of the molecule is Oc1ccccc1-n1c[c-]c(-c2ccc(F)cc2)n1.[Zn]. The van der Waals surface area contributed by atoms with Gasteiger partial charge in [0.1, 0.15) is 17.3 Å². The average molecular weight is 319 g/mol. The molecule has 0 aliphatic heterocycles. The van der Waals surface area contributed by atoms with E-state index in [0.717, 1.165) is 5.56 Å². The van der Waals surface area contributed by atoms with Crippen LogP contribution < -0.4 is 0 Å². The Morgan fingerprint density at radius 2 is 1.75 bits per heavy atom. The Balaban J connectivity index is 0.00000147. The van der Waals surface area contributed by atoms with Gasteiger partial charge < -0.3 is 5.11 Å². The summed E-state index contributed by atoms with van der Waals surface area (Å²) in [6.07, 6.45) is 1.63. The molecule has 1 N–H and O–H groups in total. The Morgan fingerprint density at radius 3 is 2.45 bits per heavy atom. The molecule has 1 heterocycles. The van der Waals surface area contributed by atoms with Crippen LogP contribution in [-0.4, -0.2) is 14.9 Å². The summed E-state index contributed by atoms with van der Waals surface area (Å²) in [6.45, 7) is 0. The second kappa shape index (κ2) is 5.97. The van der Waals surface area contributed by atoms with Crippen molar-refractivity contribution in [2.45, 2.75) is 0 Å². The number of para-hydroxylation sites is 2. The van der Waals surface area contributed by atoms with Crippen LogP contribution in [0.4, 0.5) is 4.39 Å². The van der Waals surface area contributed by atoms with Crippen molar-refractivity contribution in [3.63, 3.8) is 0 Å². The Bertz CT molecular complexity index is 710. The molecule has 20 heavy (non-hydrogen) atoms. The predicted octanol–water partition coefficient (Wildman–Crippen LogP) is 3.18. The molecule has 0 saturated heterocycles. The summed E-state index contributed by atoms with van der Waals surface area (Å²) in [6, 6.07) is 15.9. The standard InChI is InChI=1S/C15H10FN2O.Zn/c16-12-7-5-11(6-8-12)13-9-10-18(17-13)14-3-1-2-4-15(14)19;/h1-8,10,19H;/q-1;. The summed E-state index contributed by atoms with van der Waals surface area (Å²) < 4.78 is 14.4. The van der Waals surface area contributed by atoms with Crippen molar-refractivity contribution in [2.75, 3.05) is 0 Å². The zero-order valence-electron chi connectivity index (χ0n) is 10.6. The first-order chi connectivity index (χ1) is 9.24. The quantitative estimate of drug-likeness (QED) is 0.582. The number of hydrogen-bond acceptors (Lipinski definition) is 2. The fourth-order valence-electron chi connectivity index (χ4n) is 1.82. The van der Waals surface area contributed by atoms with E-state index in [1.54, 1.807) is 36.5 Å². The normalized spacial score (nSPS) is 10.1. The van der Waals surface area contributed by atoms with E-state index in [9.17, 15) is 9.50 Å². The van der Waals surface area contributed by atoms with Gasteiger partial charge in [-0.3, -0.25) is 4.68 Å². The van der Waals surface area contributed by atoms with Crippen LogP contribution in [0.15, 0.2) is 54.7 Å². The number of rotatable bonds is 2. The third kappa shape index (κ3) is 2.78. The molecule has 1 aromatic heterocycles. The molecule has 3 aromatic rings. The molecule has 96 valence electrons. The number of phenolic OH excluding ortho intramolecular Hbond substituents is 1. The Labute approximate surface area is 128 Å². The van der Waals surface area contributed by atoms with Crippen LogP contribution in [0.5, 0.6) is 5.75 Å². The van der Waals surface area contributed by atoms with Crippen LogP contribution >= 0.6 is 0 Å². The van der Waals surface area contributed by atoms with Crippen LogP contribution in [0.25, 0.3) is 16.9 Å². The maximum Gasteiger partial charge on any atom is 0.141 e. The van der Waals surface area contributed by atoms with Gasteiger partial charge in [0.15, 0.2) is 0 Å². The Hall–Kier alpha value is -2.00. The van der Waals surface area contributed by atoms with Crippen molar-refractivity contribution in [2.24, 2.45) is 0 Å². The molecule has 3 nitrogen and oxygen atoms in total. The molecule has 0 unspecified atom stereocenters. The van der Waals surface area contributed by atoms with E-state index in [4.69, 9.17) is 0 Å². The number of halogens is 1. The Morgan fingerprint density at radius 1 is 1.05 bits per heavy atom. The third-order valence-electron chi connectivity index (χ3n) is 2.78. The molecule has 0 aliphatic rings. The first kappa shape index (κ1) is 14.4. The van der Waals surface area contributed by atoms with Crippen molar-refractivity contribution in [3.8, 4) is 22.7 Å². The molecule has 0 spiro atoms. The van der Waals surface area contributed by atoms with Crippen molar-refractivity contribution in [3.05, 3.63) is 66.6 Å². The van der Waals surface area contributed by atoms with Gasteiger partial charge in [-0.25, -0.2) is 15.6 Å². The van der Waals surface area contributed by atoms with Gasteiger partial charge in [0.2, 0.25) is 0 Å². The maximum absolute atomic E-state index is 12.9. The number of nitrogens with zero attached hydrogens (tertiary/aromatic N) is 2. The van der Waals surface area contributed by atoms with Gasteiger partial charge in [0.05, 0.1) is 0 Å². The summed E-state index contributed by atoms with van der Waals surface area (Å²) >= 11 is 0. The molecular weight excluding hydrogens is 309 g/mol. The van der Waals surface area contributed by atoms with Crippen LogP contribution in [0, 0.1) is 11.9 Å². The zero-order chi connectivity index (χ0) is 13.2. The van der Waals surface area contributed by atoms with Crippen LogP contribution in [-0.2, 0) is 19.5 Å². The van der Waals surface area contributed by atoms with E-state index >= 15 is 0 Å². The molecule has 0 bridgehead atoms. The van der Waals surface area contributed by atoms with Gasteiger partial charge in [-0.05, 0) is 24.3 Å². The Kier molecular flexibility index (Phi) is 4.30. The van der Waals surface area contributed by atoms with E-state index in [2.05, 4.69) is 11.2 Å². The van der Waals surface area contributed by atoms with Crippen LogP contribution in [0.2, 0.25) is 0 Å². The van der Waals surface area contributed by atoms with Gasteiger partial charge >= 0.3 is 0 Å². The van der Waals surface area contributed by atoms with Gasteiger partial charge in [-0.1, -0.05) is 24.0 Å². The maximum atomic E-state index is 12.9. The minimum Gasteiger partial charge on any atom is -0.506 e. The zero-order valence-corrected chi connectivity index (χ0v) is 13.6. The molecule has 3 rings (SSSR count). The molecule has 0 atom stereocenters. The third-order valence-corrected chi connectivity index (χ3v) is 2.78.